The number of nitrogens with one attached hydrogen (secondary N) is 2. The normalized spacial score (nSPS) is 11.2. The largest absolute Gasteiger partial charge is 0.322 e. The first-order valence-corrected chi connectivity index (χ1v) is 11.5. The minimum absolute atomic E-state index is 0.144. The highest BCUT2D eigenvalue weighted by atomic mass is 35.5. The summed E-state index contributed by atoms with van der Waals surface area (Å²) in [6, 6.07) is 22.3. The molecule has 0 saturated heterocycles. The summed E-state index contributed by atoms with van der Waals surface area (Å²) >= 11 is 7.59. The molecular weight excluding hydrogens is 442 g/mol. The Hall–Kier alpha value is -3.09. The third kappa shape index (κ3) is 7.25. The summed E-state index contributed by atoms with van der Waals surface area (Å²) in [7, 11) is 0. The first-order chi connectivity index (χ1) is 15.4. The van der Waals surface area contributed by atoms with Crippen molar-refractivity contribution >= 4 is 46.6 Å². The Morgan fingerprint density at radius 2 is 1.69 bits per heavy atom. The minimum atomic E-state index is -0.251. The number of carbonyl (C=O) groups excluding carboxylic acids is 2. The predicted molar refractivity (Wildman–Crippen MR) is 133 cm³/mol. The molecule has 0 aromatic heterocycles. The number of nitrogens with zero attached hydrogens (tertiary/aromatic N) is 1. The van der Waals surface area contributed by atoms with Gasteiger partial charge in [-0.2, -0.15) is 5.10 Å². The van der Waals surface area contributed by atoms with Gasteiger partial charge in [0.25, 0.3) is 5.91 Å². The van der Waals surface area contributed by atoms with Crippen LogP contribution >= 0.6 is 23.4 Å². The van der Waals surface area contributed by atoms with Crippen molar-refractivity contribution in [2.45, 2.75) is 25.2 Å². The van der Waals surface area contributed by atoms with E-state index in [1.54, 1.807) is 55.1 Å². The summed E-state index contributed by atoms with van der Waals surface area (Å²) in [5.74, 6) is 0.280. The first-order valence-electron chi connectivity index (χ1n) is 10.1. The van der Waals surface area contributed by atoms with E-state index in [2.05, 4.69) is 40.1 Å². The molecule has 32 heavy (non-hydrogen) atoms. The average Bonchev–Trinajstić information content (AvgIpc) is 2.79. The molecule has 0 spiro atoms. The standard InChI is InChI=1S/C25H24ClN3O2S/c1-17-9-11-23(12-10-17)32-14-13-24(30)29-28-18(2)19-5-4-8-22(16-19)27-25(31)20-6-3-7-21(26)15-20/h3-12,15-16H,13-14H2,1-2H3,(H,27,31)(H,29,30)/b28-18-. The second-order valence-corrected chi connectivity index (χ2v) is 8.79. The fraction of sp³-hybridized carbons (Fsp3) is 0.160. The number of anilines is 1. The summed E-state index contributed by atoms with van der Waals surface area (Å²) in [6.07, 6.45) is 0.366. The molecule has 2 N–H and O–H groups in total. The highest BCUT2D eigenvalue weighted by Gasteiger charge is 2.08. The van der Waals surface area contributed by atoms with E-state index in [1.165, 1.54) is 5.56 Å². The molecule has 164 valence electrons. The van der Waals surface area contributed by atoms with Crippen molar-refractivity contribution in [1.82, 2.24) is 5.43 Å². The molecule has 0 bridgehead atoms. The monoisotopic (exact) mass is 465 g/mol. The molecule has 0 aliphatic carbocycles. The lowest BCUT2D eigenvalue weighted by atomic mass is 10.1. The van der Waals surface area contributed by atoms with Gasteiger partial charge in [0, 0.05) is 33.3 Å². The van der Waals surface area contributed by atoms with Gasteiger partial charge >= 0.3 is 0 Å². The number of rotatable bonds is 8. The number of amides is 2. The molecule has 0 saturated carbocycles. The van der Waals surface area contributed by atoms with Crippen LogP contribution in [-0.2, 0) is 4.79 Å². The Bertz CT molecular complexity index is 1130. The lowest BCUT2D eigenvalue weighted by Gasteiger charge is -2.08. The van der Waals surface area contributed by atoms with Crippen molar-refractivity contribution in [2.24, 2.45) is 5.10 Å². The molecule has 0 unspecified atom stereocenters. The summed E-state index contributed by atoms with van der Waals surface area (Å²) in [6.45, 7) is 3.85. The first kappa shape index (κ1) is 23.6. The Balaban J connectivity index is 1.52. The van der Waals surface area contributed by atoms with E-state index in [-0.39, 0.29) is 11.8 Å². The van der Waals surface area contributed by atoms with Crippen LogP contribution in [0.5, 0.6) is 0 Å². The topological polar surface area (TPSA) is 70.6 Å². The maximum atomic E-state index is 12.4. The van der Waals surface area contributed by atoms with E-state index in [1.807, 2.05) is 19.1 Å². The van der Waals surface area contributed by atoms with Crippen LogP contribution in [0.1, 0.15) is 34.8 Å². The Morgan fingerprint density at radius 3 is 2.44 bits per heavy atom. The highest BCUT2D eigenvalue weighted by Crippen LogP contribution is 2.19. The third-order valence-corrected chi connectivity index (χ3v) is 5.84. The summed E-state index contributed by atoms with van der Waals surface area (Å²) in [5, 5.41) is 7.55. The van der Waals surface area contributed by atoms with Crippen LogP contribution in [0.4, 0.5) is 5.69 Å². The van der Waals surface area contributed by atoms with E-state index in [0.717, 1.165) is 10.5 Å². The van der Waals surface area contributed by atoms with Crippen LogP contribution in [0.15, 0.2) is 82.8 Å². The van der Waals surface area contributed by atoms with Gasteiger partial charge in [-0.15, -0.1) is 11.8 Å². The van der Waals surface area contributed by atoms with E-state index in [9.17, 15) is 9.59 Å². The van der Waals surface area contributed by atoms with Gasteiger partial charge in [-0.05, 0) is 61.9 Å². The second-order valence-electron chi connectivity index (χ2n) is 7.19. The van der Waals surface area contributed by atoms with Crippen molar-refractivity contribution in [3.63, 3.8) is 0 Å². The Morgan fingerprint density at radius 1 is 0.969 bits per heavy atom. The fourth-order valence-electron chi connectivity index (χ4n) is 2.82. The zero-order valence-electron chi connectivity index (χ0n) is 17.9. The van der Waals surface area contributed by atoms with Gasteiger partial charge in [0.2, 0.25) is 5.91 Å². The number of thioether (sulfide) groups is 1. The molecule has 0 fully saturated rings. The smallest absolute Gasteiger partial charge is 0.255 e. The molecule has 3 aromatic carbocycles. The number of carbonyl (C=O) groups is 2. The lowest BCUT2D eigenvalue weighted by Crippen LogP contribution is -2.19. The van der Waals surface area contributed by atoms with Crippen molar-refractivity contribution in [3.8, 4) is 0 Å². The zero-order chi connectivity index (χ0) is 22.9. The van der Waals surface area contributed by atoms with Gasteiger partial charge in [-0.3, -0.25) is 9.59 Å². The SMILES string of the molecule is C/C(=N/NC(=O)CCSc1ccc(C)cc1)c1cccc(NC(=O)c2cccc(Cl)c2)c1. The molecule has 0 aliphatic heterocycles. The predicted octanol–water partition coefficient (Wildman–Crippen LogP) is 5.92. The molecule has 5 nitrogen and oxygen atoms in total. The fourth-order valence-corrected chi connectivity index (χ4v) is 3.86. The number of hydrogen-bond acceptors (Lipinski definition) is 4. The molecule has 3 rings (SSSR count). The van der Waals surface area contributed by atoms with Gasteiger partial charge in [-0.25, -0.2) is 5.43 Å². The van der Waals surface area contributed by atoms with Crippen LogP contribution in [0.3, 0.4) is 0 Å². The summed E-state index contributed by atoms with van der Waals surface area (Å²) < 4.78 is 0. The van der Waals surface area contributed by atoms with Crippen LogP contribution < -0.4 is 10.7 Å². The van der Waals surface area contributed by atoms with Gasteiger partial charge in [0.05, 0.1) is 5.71 Å². The van der Waals surface area contributed by atoms with Crippen LogP contribution in [0.25, 0.3) is 0 Å². The molecule has 3 aromatic rings. The number of hydrogen-bond donors (Lipinski definition) is 2. The van der Waals surface area contributed by atoms with Crippen molar-refractivity contribution in [2.75, 3.05) is 11.1 Å². The van der Waals surface area contributed by atoms with E-state index in [4.69, 9.17) is 11.6 Å². The number of hydrazone groups is 1. The molecule has 0 radical (unpaired) electrons. The van der Waals surface area contributed by atoms with E-state index < -0.39 is 0 Å². The lowest BCUT2D eigenvalue weighted by molar-refractivity contribution is -0.120. The molecule has 0 atom stereocenters. The maximum absolute atomic E-state index is 12.4. The molecular formula is C25H24ClN3O2S. The van der Waals surface area contributed by atoms with Gasteiger partial charge < -0.3 is 5.32 Å². The van der Waals surface area contributed by atoms with Crippen LogP contribution in [0, 0.1) is 6.92 Å². The molecule has 0 heterocycles. The van der Waals surface area contributed by atoms with Crippen molar-refractivity contribution in [3.05, 3.63) is 94.5 Å². The highest BCUT2D eigenvalue weighted by molar-refractivity contribution is 7.99. The molecule has 0 aliphatic rings. The number of halogens is 1. The number of aryl methyl sites for hydroxylation is 1. The average molecular weight is 466 g/mol. The Kier molecular flexibility index (Phi) is 8.48. The molecule has 2 amide bonds. The quantitative estimate of drug-likeness (QED) is 0.246. The minimum Gasteiger partial charge on any atom is -0.322 e. The van der Waals surface area contributed by atoms with Gasteiger partial charge in [0.15, 0.2) is 0 Å². The summed E-state index contributed by atoms with van der Waals surface area (Å²) in [5.41, 5.74) is 6.36. The number of benzene rings is 3. The van der Waals surface area contributed by atoms with Gasteiger partial charge in [-0.1, -0.05) is 47.5 Å². The van der Waals surface area contributed by atoms with Gasteiger partial charge in [0.1, 0.15) is 0 Å². The molecule has 7 heteroatoms. The van der Waals surface area contributed by atoms with E-state index >= 15 is 0 Å². The zero-order valence-corrected chi connectivity index (χ0v) is 19.5. The maximum Gasteiger partial charge on any atom is 0.255 e. The van der Waals surface area contributed by atoms with Crippen LogP contribution in [0.2, 0.25) is 5.02 Å². The summed E-state index contributed by atoms with van der Waals surface area (Å²) in [4.78, 5) is 25.7. The van der Waals surface area contributed by atoms with E-state index in [0.29, 0.717) is 34.2 Å². The van der Waals surface area contributed by atoms with Crippen molar-refractivity contribution in [1.29, 1.82) is 0 Å². The Labute approximate surface area is 197 Å². The second kappa shape index (κ2) is 11.5. The van der Waals surface area contributed by atoms with Crippen molar-refractivity contribution < 1.29 is 9.59 Å². The third-order valence-electron chi connectivity index (χ3n) is 4.59. The van der Waals surface area contributed by atoms with Crippen LogP contribution in [-0.4, -0.2) is 23.3 Å².